The molecule has 9 nitrogen and oxygen atoms in total. The van der Waals surface area contributed by atoms with Crippen molar-refractivity contribution in [2.45, 2.75) is 76.3 Å². The number of anilines is 1. The zero-order valence-corrected chi connectivity index (χ0v) is 27.3. The van der Waals surface area contributed by atoms with Gasteiger partial charge in [-0.25, -0.2) is 4.79 Å². The number of aliphatic carboxylic acids is 1. The minimum atomic E-state index is -1.02. The van der Waals surface area contributed by atoms with Gasteiger partial charge in [-0.1, -0.05) is 31.4 Å². The number of benzene rings is 2. The minimum absolute atomic E-state index is 0.231. The molecule has 0 saturated heterocycles. The molecule has 7 rings (SSSR count). The number of thiophene rings is 1. The Balaban J connectivity index is 1.18. The summed E-state index contributed by atoms with van der Waals surface area (Å²) in [5.41, 5.74) is 4.95. The van der Waals surface area contributed by atoms with E-state index < -0.39 is 11.5 Å². The van der Waals surface area contributed by atoms with Crippen molar-refractivity contribution in [2.24, 2.45) is 0 Å². The zero-order valence-electron chi connectivity index (χ0n) is 26.5. The summed E-state index contributed by atoms with van der Waals surface area (Å²) in [6, 6.07) is 15.1. The lowest BCUT2D eigenvalue weighted by molar-refractivity contribution is -0.131. The zero-order chi connectivity index (χ0) is 32.5. The molecule has 0 radical (unpaired) electrons. The Morgan fingerprint density at radius 1 is 1.06 bits per heavy atom. The predicted molar refractivity (Wildman–Crippen MR) is 184 cm³/mol. The third-order valence-corrected chi connectivity index (χ3v) is 10.8. The summed E-state index contributed by atoms with van der Waals surface area (Å²) in [5.74, 6) is 0.539. The van der Waals surface area contributed by atoms with Crippen LogP contribution in [0.2, 0.25) is 0 Å². The molecular weight excluding hydrogens is 614 g/mol. The first-order chi connectivity index (χ1) is 22.8. The van der Waals surface area contributed by atoms with Gasteiger partial charge in [0.25, 0.3) is 5.91 Å². The second-order valence-corrected chi connectivity index (χ2v) is 13.7. The molecule has 2 amide bonds. The first kappa shape index (κ1) is 31.1. The molecule has 4 aromatic rings. The van der Waals surface area contributed by atoms with E-state index in [1.807, 2.05) is 25.1 Å². The fourth-order valence-electron chi connectivity index (χ4n) is 7.19. The van der Waals surface area contributed by atoms with Crippen LogP contribution in [0, 0.1) is 0 Å². The standard InChI is InChI=1S/C37H39N3O6S/c1-2-45-26-14-15-27-29(21-26)46-20-19-40-28-22-30(47-34(28)32(33(27)40)24-7-4-3-5-8-24)35(43)39-37(17-6-18-37)36(44)38-25-12-9-23(10-13-25)11-16-31(41)42/h9-16,21-22,24H,2-8,17-20H2,1H3,(H,38,44)(H,39,43)(H,41,42)/b16-11+. The topological polar surface area (TPSA) is 119 Å². The molecule has 47 heavy (non-hydrogen) atoms. The van der Waals surface area contributed by atoms with E-state index in [0.29, 0.717) is 54.6 Å². The lowest BCUT2D eigenvalue weighted by Gasteiger charge is -2.40. The van der Waals surface area contributed by atoms with Gasteiger partial charge >= 0.3 is 5.97 Å². The Morgan fingerprint density at radius 3 is 2.55 bits per heavy atom. The summed E-state index contributed by atoms with van der Waals surface area (Å²) in [6.07, 6.45) is 10.4. The van der Waals surface area contributed by atoms with Crippen LogP contribution < -0.4 is 20.1 Å². The molecule has 3 aliphatic rings. The summed E-state index contributed by atoms with van der Waals surface area (Å²) < 4.78 is 15.5. The lowest BCUT2D eigenvalue weighted by Crippen LogP contribution is -2.61. The molecule has 2 aliphatic carbocycles. The number of nitrogens with one attached hydrogen (secondary N) is 2. The van der Waals surface area contributed by atoms with Crippen molar-refractivity contribution >= 4 is 51.1 Å². The molecule has 2 fully saturated rings. The van der Waals surface area contributed by atoms with Gasteiger partial charge in [-0.05, 0) is 92.5 Å². The van der Waals surface area contributed by atoms with Crippen molar-refractivity contribution in [2.75, 3.05) is 18.5 Å². The number of aromatic nitrogens is 1. The van der Waals surface area contributed by atoms with E-state index in [1.54, 1.807) is 24.3 Å². The van der Waals surface area contributed by atoms with Crippen molar-refractivity contribution in [3.63, 3.8) is 0 Å². The number of carboxylic acids is 1. The van der Waals surface area contributed by atoms with Crippen LogP contribution in [0.15, 0.2) is 54.6 Å². The van der Waals surface area contributed by atoms with Crippen LogP contribution in [0.5, 0.6) is 11.5 Å². The molecule has 0 spiro atoms. The molecule has 0 unspecified atom stereocenters. The summed E-state index contributed by atoms with van der Waals surface area (Å²) in [7, 11) is 0. The van der Waals surface area contributed by atoms with Gasteiger partial charge in [-0.2, -0.15) is 0 Å². The van der Waals surface area contributed by atoms with Crippen molar-refractivity contribution in [3.05, 3.63) is 70.6 Å². The largest absolute Gasteiger partial charge is 0.494 e. The van der Waals surface area contributed by atoms with Crippen LogP contribution in [0.4, 0.5) is 5.69 Å². The number of nitrogens with zero attached hydrogens (tertiary/aromatic N) is 1. The van der Waals surface area contributed by atoms with E-state index in [-0.39, 0.29) is 11.8 Å². The molecule has 244 valence electrons. The minimum Gasteiger partial charge on any atom is -0.494 e. The summed E-state index contributed by atoms with van der Waals surface area (Å²) in [5, 5.41) is 14.9. The number of carbonyl (C=O) groups is 3. The Bertz CT molecular complexity index is 1860. The fourth-order valence-corrected chi connectivity index (χ4v) is 8.37. The van der Waals surface area contributed by atoms with E-state index in [0.717, 1.165) is 52.6 Å². The molecule has 3 heterocycles. The summed E-state index contributed by atoms with van der Waals surface area (Å²) >= 11 is 1.53. The number of hydrogen-bond donors (Lipinski definition) is 3. The molecule has 0 atom stereocenters. The molecule has 10 heteroatoms. The van der Waals surface area contributed by atoms with Crippen LogP contribution in [-0.2, 0) is 16.1 Å². The maximum atomic E-state index is 13.9. The summed E-state index contributed by atoms with van der Waals surface area (Å²) in [6.45, 7) is 3.75. The number of hydrogen-bond acceptors (Lipinski definition) is 6. The smallest absolute Gasteiger partial charge is 0.328 e. The van der Waals surface area contributed by atoms with Gasteiger partial charge < -0.3 is 29.8 Å². The van der Waals surface area contributed by atoms with Gasteiger partial charge in [0.05, 0.1) is 33.9 Å². The Hall–Kier alpha value is -4.57. The maximum absolute atomic E-state index is 13.9. The highest BCUT2D eigenvalue weighted by Crippen LogP contribution is 2.50. The molecular formula is C37H39N3O6S. The molecule has 3 N–H and O–H groups in total. The number of fused-ring (bicyclic) bond motifs is 5. The molecule has 0 bridgehead atoms. The number of ether oxygens (including phenoxy) is 2. The molecule has 2 aromatic carbocycles. The number of amides is 2. The van der Waals surface area contributed by atoms with Crippen molar-refractivity contribution in [3.8, 4) is 22.8 Å². The quantitative estimate of drug-likeness (QED) is 0.160. The molecule has 1 aliphatic heterocycles. The van der Waals surface area contributed by atoms with E-state index >= 15 is 0 Å². The van der Waals surface area contributed by atoms with Crippen molar-refractivity contribution < 1.29 is 29.0 Å². The Kier molecular flexibility index (Phi) is 8.53. The van der Waals surface area contributed by atoms with Crippen molar-refractivity contribution in [1.82, 2.24) is 9.88 Å². The van der Waals surface area contributed by atoms with Crippen LogP contribution >= 0.6 is 11.3 Å². The highest BCUT2D eigenvalue weighted by Gasteiger charge is 2.46. The third kappa shape index (κ3) is 6.02. The predicted octanol–water partition coefficient (Wildman–Crippen LogP) is 7.60. The number of rotatable bonds is 9. The van der Waals surface area contributed by atoms with Gasteiger partial charge in [0.2, 0.25) is 5.91 Å². The van der Waals surface area contributed by atoms with E-state index in [4.69, 9.17) is 14.6 Å². The Morgan fingerprint density at radius 2 is 1.85 bits per heavy atom. The maximum Gasteiger partial charge on any atom is 0.328 e. The third-order valence-electron chi connectivity index (χ3n) is 9.68. The van der Waals surface area contributed by atoms with Crippen molar-refractivity contribution in [1.29, 1.82) is 0 Å². The average molecular weight is 654 g/mol. The summed E-state index contributed by atoms with van der Waals surface area (Å²) in [4.78, 5) is 38.8. The Labute approximate surface area is 277 Å². The van der Waals surface area contributed by atoms with Gasteiger partial charge in [-0.15, -0.1) is 11.3 Å². The van der Waals surface area contributed by atoms with E-state index in [1.165, 1.54) is 47.9 Å². The molecule has 2 saturated carbocycles. The normalized spacial score (nSPS) is 17.2. The van der Waals surface area contributed by atoms with Gasteiger partial charge in [0, 0.05) is 23.4 Å². The second-order valence-electron chi connectivity index (χ2n) is 12.7. The van der Waals surface area contributed by atoms with Gasteiger partial charge in [0.1, 0.15) is 23.6 Å². The SMILES string of the molecule is CCOc1ccc2c(c1)OCCn1c-2c(C2CCCCC2)c2sc(C(=O)NC3(C(=O)Nc4ccc(/C=C/C(=O)O)cc4)CCC3)cc21. The highest BCUT2D eigenvalue weighted by molar-refractivity contribution is 7.21. The van der Waals surface area contributed by atoms with Crippen LogP contribution in [0.1, 0.15) is 85.0 Å². The number of carboxylic acid groups (broad SMARTS) is 1. The number of carbonyl (C=O) groups excluding carboxylic acids is 2. The first-order valence-electron chi connectivity index (χ1n) is 16.6. The van der Waals surface area contributed by atoms with E-state index in [9.17, 15) is 14.4 Å². The fraction of sp³-hybridized carbons (Fsp3) is 0.378. The molecule has 2 aromatic heterocycles. The monoisotopic (exact) mass is 653 g/mol. The van der Waals surface area contributed by atoms with Gasteiger partial charge in [-0.3, -0.25) is 9.59 Å². The van der Waals surface area contributed by atoms with Crippen LogP contribution in [0.3, 0.4) is 0 Å². The van der Waals surface area contributed by atoms with Crippen LogP contribution in [0.25, 0.3) is 27.6 Å². The lowest BCUT2D eigenvalue weighted by atomic mass is 9.75. The average Bonchev–Trinajstić information content (AvgIpc) is 3.55. The van der Waals surface area contributed by atoms with Crippen LogP contribution in [-0.4, -0.2) is 46.2 Å². The first-order valence-corrected chi connectivity index (χ1v) is 17.4. The van der Waals surface area contributed by atoms with Gasteiger partial charge in [0.15, 0.2) is 0 Å². The highest BCUT2D eigenvalue weighted by atomic mass is 32.1. The second kappa shape index (κ2) is 12.9. The van der Waals surface area contributed by atoms with E-state index in [2.05, 4.69) is 21.3 Å².